The molecule has 1 aliphatic rings. The van der Waals surface area contributed by atoms with Crippen LogP contribution in [0.15, 0.2) is 91.0 Å². The minimum atomic E-state index is -1.21. The highest BCUT2D eigenvalue weighted by atomic mass is 16.6. The van der Waals surface area contributed by atoms with E-state index < -0.39 is 40.8 Å². The van der Waals surface area contributed by atoms with Gasteiger partial charge in [-0.1, -0.05) is 54.6 Å². The van der Waals surface area contributed by atoms with Crippen molar-refractivity contribution in [2.45, 2.75) is 13.3 Å². The summed E-state index contributed by atoms with van der Waals surface area (Å²) in [6, 6.07) is 24.6. The van der Waals surface area contributed by atoms with Crippen molar-refractivity contribution in [3.05, 3.63) is 118 Å². The van der Waals surface area contributed by atoms with Crippen LogP contribution in [0, 0.1) is 17.0 Å². The zero-order chi connectivity index (χ0) is 30.7. The smallest absolute Gasteiger partial charge is 0.323 e. The lowest BCUT2D eigenvalue weighted by atomic mass is 9.95. The Kier molecular flexibility index (Phi) is 7.97. The van der Waals surface area contributed by atoms with Gasteiger partial charge in [0, 0.05) is 30.2 Å². The summed E-state index contributed by atoms with van der Waals surface area (Å²) < 4.78 is 0. The molecule has 0 radical (unpaired) electrons. The average molecular weight is 579 g/mol. The van der Waals surface area contributed by atoms with Crippen molar-refractivity contribution >= 4 is 46.4 Å². The van der Waals surface area contributed by atoms with Gasteiger partial charge < -0.3 is 15.3 Å². The van der Waals surface area contributed by atoms with Crippen molar-refractivity contribution in [3.8, 4) is 11.1 Å². The first-order valence-corrected chi connectivity index (χ1v) is 13.3. The molecule has 11 heteroatoms. The fourth-order valence-electron chi connectivity index (χ4n) is 5.10. The van der Waals surface area contributed by atoms with Gasteiger partial charge in [0.2, 0.25) is 5.91 Å². The van der Waals surface area contributed by atoms with E-state index in [4.69, 9.17) is 0 Å². The number of para-hydroxylation sites is 2. The van der Waals surface area contributed by atoms with Gasteiger partial charge in [-0.2, -0.15) is 0 Å². The lowest BCUT2D eigenvalue weighted by molar-refractivity contribution is -0.383. The summed E-state index contributed by atoms with van der Waals surface area (Å²) in [5.41, 5.74) is 2.71. The Hall–Kier alpha value is -5.84. The SMILES string of the molecule is Cc1ccccc1-c1ccccc1C(=O)Nc1ccc(C(=O)N2CCC(=O)N(CC(=O)O)c3ccccc32)cc1[N+](=O)[O-]. The predicted molar refractivity (Wildman–Crippen MR) is 160 cm³/mol. The zero-order valence-electron chi connectivity index (χ0n) is 23.0. The Bertz CT molecular complexity index is 1790. The van der Waals surface area contributed by atoms with Crippen LogP contribution in [-0.4, -0.2) is 46.8 Å². The number of nitro benzene ring substituents is 1. The van der Waals surface area contributed by atoms with E-state index in [0.29, 0.717) is 16.8 Å². The molecule has 216 valence electrons. The van der Waals surface area contributed by atoms with E-state index in [1.165, 1.54) is 23.1 Å². The van der Waals surface area contributed by atoms with Crippen LogP contribution in [0.5, 0.6) is 0 Å². The van der Waals surface area contributed by atoms with Crippen LogP contribution < -0.4 is 15.1 Å². The van der Waals surface area contributed by atoms with Gasteiger partial charge in [-0.25, -0.2) is 0 Å². The average Bonchev–Trinajstić information content (AvgIpc) is 3.13. The number of carboxylic acid groups (broad SMARTS) is 1. The first-order valence-electron chi connectivity index (χ1n) is 13.3. The highest BCUT2D eigenvalue weighted by Crippen LogP contribution is 2.35. The molecular formula is C32H26N4O7. The van der Waals surface area contributed by atoms with Crippen LogP contribution in [0.3, 0.4) is 0 Å². The van der Waals surface area contributed by atoms with Crippen molar-refractivity contribution in [1.29, 1.82) is 0 Å². The normalized spacial score (nSPS) is 12.7. The third-order valence-electron chi connectivity index (χ3n) is 7.15. The first kappa shape index (κ1) is 28.7. The van der Waals surface area contributed by atoms with E-state index in [1.54, 1.807) is 42.5 Å². The number of hydrogen-bond acceptors (Lipinski definition) is 6. The summed E-state index contributed by atoms with van der Waals surface area (Å²) in [6.45, 7) is 1.28. The number of hydrogen-bond donors (Lipinski definition) is 2. The first-order chi connectivity index (χ1) is 20.7. The Morgan fingerprint density at radius 1 is 0.907 bits per heavy atom. The summed E-state index contributed by atoms with van der Waals surface area (Å²) in [5.74, 6) is -2.86. The topological polar surface area (TPSA) is 150 Å². The fraction of sp³-hybridized carbons (Fsp3) is 0.125. The lowest BCUT2D eigenvalue weighted by Crippen LogP contribution is -2.35. The molecule has 0 aromatic heterocycles. The number of rotatable bonds is 7. The van der Waals surface area contributed by atoms with Crippen molar-refractivity contribution < 1.29 is 29.2 Å². The van der Waals surface area contributed by atoms with Gasteiger partial charge in [0.15, 0.2) is 0 Å². The number of anilines is 3. The second kappa shape index (κ2) is 12.0. The number of aliphatic carboxylic acids is 1. The summed E-state index contributed by atoms with van der Waals surface area (Å²) in [7, 11) is 0. The molecule has 5 rings (SSSR count). The molecule has 0 aliphatic carbocycles. The van der Waals surface area contributed by atoms with E-state index in [2.05, 4.69) is 5.32 Å². The Balaban J connectivity index is 1.47. The van der Waals surface area contributed by atoms with Gasteiger partial charge in [-0.05, 0) is 53.9 Å². The molecule has 4 aromatic carbocycles. The molecule has 0 spiro atoms. The number of fused-ring (bicyclic) bond motifs is 1. The number of amides is 3. The molecule has 0 saturated heterocycles. The molecule has 0 unspecified atom stereocenters. The summed E-state index contributed by atoms with van der Waals surface area (Å²) >= 11 is 0. The third kappa shape index (κ3) is 5.82. The van der Waals surface area contributed by atoms with Crippen molar-refractivity contribution in [2.24, 2.45) is 0 Å². The molecule has 0 saturated carbocycles. The third-order valence-corrected chi connectivity index (χ3v) is 7.15. The predicted octanol–water partition coefficient (Wildman–Crippen LogP) is 5.29. The number of carbonyl (C=O) groups excluding carboxylic acids is 3. The van der Waals surface area contributed by atoms with Crippen LogP contribution >= 0.6 is 0 Å². The number of benzene rings is 4. The van der Waals surface area contributed by atoms with E-state index in [9.17, 15) is 34.4 Å². The number of carboxylic acids is 1. The number of aryl methyl sites for hydroxylation is 1. The summed E-state index contributed by atoms with van der Waals surface area (Å²) in [4.78, 5) is 65.0. The maximum atomic E-state index is 13.7. The molecule has 0 atom stereocenters. The van der Waals surface area contributed by atoms with Crippen molar-refractivity contribution in [3.63, 3.8) is 0 Å². The largest absolute Gasteiger partial charge is 0.480 e. The van der Waals surface area contributed by atoms with Crippen LogP contribution in [0.2, 0.25) is 0 Å². The van der Waals surface area contributed by atoms with E-state index in [-0.39, 0.29) is 29.9 Å². The Morgan fingerprint density at radius 2 is 1.56 bits per heavy atom. The number of carbonyl (C=O) groups is 4. The van der Waals surface area contributed by atoms with E-state index in [0.717, 1.165) is 22.1 Å². The quantitative estimate of drug-likeness (QED) is 0.223. The summed E-state index contributed by atoms with van der Waals surface area (Å²) in [6.07, 6.45) is -0.149. The second-order valence-electron chi connectivity index (χ2n) is 9.87. The lowest BCUT2D eigenvalue weighted by Gasteiger charge is -2.24. The standard InChI is InChI=1S/C32H26N4O7/c1-20-8-2-3-9-22(20)23-10-4-5-11-24(23)31(40)33-25-15-14-21(18-28(25)36(42)43)32(41)34-17-16-29(37)35(19-30(38)39)27-13-7-6-12-26(27)34/h2-15,18H,16-17,19H2,1H3,(H,33,40)(H,38,39). The Labute approximate surface area is 246 Å². The molecule has 43 heavy (non-hydrogen) atoms. The van der Waals surface area contributed by atoms with Gasteiger partial charge in [0.05, 0.1) is 16.3 Å². The number of nitro groups is 1. The van der Waals surface area contributed by atoms with Gasteiger partial charge in [0.1, 0.15) is 12.2 Å². The summed E-state index contributed by atoms with van der Waals surface area (Å²) in [5, 5.41) is 24.0. The second-order valence-corrected chi connectivity index (χ2v) is 9.87. The molecule has 0 bridgehead atoms. The van der Waals surface area contributed by atoms with Gasteiger partial charge in [-0.15, -0.1) is 0 Å². The maximum absolute atomic E-state index is 13.7. The molecule has 11 nitrogen and oxygen atoms in total. The molecule has 2 N–H and O–H groups in total. The molecule has 4 aromatic rings. The van der Waals surface area contributed by atoms with Crippen LogP contribution in [0.25, 0.3) is 11.1 Å². The fourth-order valence-corrected chi connectivity index (χ4v) is 5.10. The molecule has 1 aliphatic heterocycles. The molecule has 0 fully saturated rings. The van der Waals surface area contributed by atoms with Crippen LogP contribution in [-0.2, 0) is 9.59 Å². The molecule has 1 heterocycles. The van der Waals surface area contributed by atoms with Gasteiger partial charge in [0.25, 0.3) is 17.5 Å². The maximum Gasteiger partial charge on any atom is 0.323 e. The monoisotopic (exact) mass is 578 g/mol. The van der Waals surface area contributed by atoms with Crippen molar-refractivity contribution in [1.82, 2.24) is 0 Å². The zero-order valence-corrected chi connectivity index (χ0v) is 23.0. The number of nitrogens with zero attached hydrogens (tertiary/aromatic N) is 3. The van der Waals surface area contributed by atoms with Gasteiger partial charge in [-0.3, -0.25) is 34.2 Å². The number of nitrogens with one attached hydrogen (secondary N) is 1. The van der Waals surface area contributed by atoms with Gasteiger partial charge >= 0.3 is 5.97 Å². The molecular weight excluding hydrogens is 552 g/mol. The minimum Gasteiger partial charge on any atom is -0.480 e. The minimum absolute atomic E-state index is 0.0426. The van der Waals surface area contributed by atoms with Crippen molar-refractivity contribution in [2.75, 3.05) is 28.2 Å². The van der Waals surface area contributed by atoms with Crippen LogP contribution in [0.1, 0.15) is 32.7 Å². The van der Waals surface area contributed by atoms with Crippen LogP contribution in [0.4, 0.5) is 22.7 Å². The highest BCUT2D eigenvalue weighted by Gasteiger charge is 2.31. The van der Waals surface area contributed by atoms with E-state index >= 15 is 0 Å². The molecule has 3 amide bonds. The highest BCUT2D eigenvalue weighted by molar-refractivity contribution is 6.13. The Morgan fingerprint density at radius 3 is 2.26 bits per heavy atom. The van der Waals surface area contributed by atoms with E-state index in [1.807, 2.05) is 31.2 Å².